The van der Waals surface area contributed by atoms with E-state index in [0.29, 0.717) is 28.8 Å². The van der Waals surface area contributed by atoms with Crippen LogP contribution >= 0.6 is 12.2 Å². The summed E-state index contributed by atoms with van der Waals surface area (Å²) < 4.78 is 10.7. The maximum Gasteiger partial charge on any atom is 0.269 e. The Morgan fingerprint density at radius 3 is 2.52 bits per heavy atom. The average Bonchev–Trinajstić information content (AvgIpc) is 2.61. The Kier molecular flexibility index (Phi) is 7.18. The molecule has 2 aromatic rings. The lowest BCUT2D eigenvalue weighted by Gasteiger charge is -2.16. The number of para-hydroxylation sites is 1. The molecule has 0 unspecified atom stereocenters. The van der Waals surface area contributed by atoms with Gasteiger partial charge in [-0.05, 0) is 49.5 Å². The van der Waals surface area contributed by atoms with Gasteiger partial charge in [0.25, 0.3) is 5.91 Å². The molecule has 0 aliphatic carbocycles. The van der Waals surface area contributed by atoms with E-state index >= 15 is 0 Å². The van der Waals surface area contributed by atoms with Crippen LogP contribution in [-0.4, -0.2) is 30.8 Å². The molecule has 0 aliphatic heterocycles. The molecule has 0 fully saturated rings. The molecule has 7 heteroatoms. The number of amides is 1. The number of hydrogen-bond donors (Lipinski definition) is 3. The molecule has 0 heterocycles. The van der Waals surface area contributed by atoms with E-state index in [0.717, 1.165) is 0 Å². The SMILES string of the molecule is COC[C@H](C)NC(=S)NNC(=O)c1cccc(Oc2ccccc2)c1. The summed E-state index contributed by atoms with van der Waals surface area (Å²) >= 11 is 5.11. The van der Waals surface area contributed by atoms with Crippen LogP contribution in [0.25, 0.3) is 0 Å². The third kappa shape index (κ3) is 6.40. The molecule has 0 bridgehead atoms. The summed E-state index contributed by atoms with van der Waals surface area (Å²) in [6.07, 6.45) is 0. The van der Waals surface area contributed by atoms with E-state index in [9.17, 15) is 4.79 Å². The van der Waals surface area contributed by atoms with E-state index in [1.165, 1.54) is 0 Å². The molecule has 0 saturated carbocycles. The fourth-order valence-corrected chi connectivity index (χ4v) is 2.31. The molecule has 0 radical (unpaired) electrons. The maximum absolute atomic E-state index is 12.2. The van der Waals surface area contributed by atoms with Crippen molar-refractivity contribution in [1.82, 2.24) is 16.2 Å². The smallest absolute Gasteiger partial charge is 0.269 e. The van der Waals surface area contributed by atoms with Gasteiger partial charge in [-0.15, -0.1) is 0 Å². The number of hydrazine groups is 1. The van der Waals surface area contributed by atoms with Gasteiger partial charge in [0.15, 0.2) is 5.11 Å². The molecule has 6 nitrogen and oxygen atoms in total. The van der Waals surface area contributed by atoms with E-state index in [-0.39, 0.29) is 11.9 Å². The molecule has 3 N–H and O–H groups in total. The monoisotopic (exact) mass is 359 g/mol. The van der Waals surface area contributed by atoms with Crippen LogP contribution in [0.4, 0.5) is 0 Å². The number of carbonyl (C=O) groups excluding carboxylic acids is 1. The lowest BCUT2D eigenvalue weighted by molar-refractivity contribution is 0.0943. The zero-order chi connectivity index (χ0) is 18.1. The number of rotatable bonds is 6. The van der Waals surface area contributed by atoms with Gasteiger partial charge in [-0.2, -0.15) is 0 Å². The van der Waals surface area contributed by atoms with Crippen molar-refractivity contribution in [2.45, 2.75) is 13.0 Å². The Hall–Kier alpha value is -2.64. The molecule has 1 amide bonds. The Morgan fingerprint density at radius 1 is 1.08 bits per heavy atom. The number of thiocarbonyl (C=S) groups is 1. The summed E-state index contributed by atoms with van der Waals surface area (Å²) in [4.78, 5) is 12.2. The molecule has 25 heavy (non-hydrogen) atoms. The normalized spacial score (nSPS) is 11.3. The van der Waals surface area contributed by atoms with Crippen LogP contribution in [-0.2, 0) is 4.74 Å². The molecule has 2 aromatic carbocycles. The standard InChI is InChI=1S/C18H21N3O3S/c1-13(12-23-2)19-18(25)21-20-17(22)14-7-6-10-16(11-14)24-15-8-4-3-5-9-15/h3-11,13H,12H2,1-2H3,(H,20,22)(H2,19,21,25)/t13-/m0/s1. The lowest BCUT2D eigenvalue weighted by atomic mass is 10.2. The minimum atomic E-state index is -0.318. The Labute approximate surface area is 152 Å². The number of carbonyl (C=O) groups is 1. The van der Waals surface area contributed by atoms with E-state index in [1.807, 2.05) is 37.3 Å². The van der Waals surface area contributed by atoms with E-state index in [2.05, 4.69) is 16.2 Å². The quantitative estimate of drug-likeness (QED) is 0.544. The van der Waals surface area contributed by atoms with Gasteiger partial charge < -0.3 is 14.8 Å². The van der Waals surface area contributed by atoms with Crippen LogP contribution in [0.3, 0.4) is 0 Å². The van der Waals surface area contributed by atoms with Gasteiger partial charge in [-0.25, -0.2) is 0 Å². The average molecular weight is 359 g/mol. The molecule has 2 rings (SSSR count). The third-order valence-electron chi connectivity index (χ3n) is 3.16. The van der Waals surface area contributed by atoms with E-state index < -0.39 is 0 Å². The predicted octanol–water partition coefficient (Wildman–Crippen LogP) is 2.62. The van der Waals surface area contributed by atoms with Crippen molar-refractivity contribution in [3.05, 3.63) is 60.2 Å². The van der Waals surface area contributed by atoms with Gasteiger partial charge in [0.2, 0.25) is 0 Å². The maximum atomic E-state index is 12.2. The number of benzene rings is 2. The van der Waals surface area contributed by atoms with Gasteiger partial charge in [0, 0.05) is 18.7 Å². The summed E-state index contributed by atoms with van der Waals surface area (Å²) in [6, 6.07) is 16.3. The molecule has 0 aliphatic rings. The van der Waals surface area contributed by atoms with Gasteiger partial charge in [0.05, 0.1) is 6.61 Å². The van der Waals surface area contributed by atoms with E-state index in [4.69, 9.17) is 21.7 Å². The summed E-state index contributed by atoms with van der Waals surface area (Å²) in [6.45, 7) is 2.43. The van der Waals surface area contributed by atoms with Crippen LogP contribution in [0.5, 0.6) is 11.5 Å². The summed E-state index contributed by atoms with van der Waals surface area (Å²) in [7, 11) is 1.61. The molecule has 0 spiro atoms. The van der Waals surface area contributed by atoms with Crippen LogP contribution in [0.15, 0.2) is 54.6 Å². The van der Waals surface area contributed by atoms with Crippen LogP contribution in [0.1, 0.15) is 17.3 Å². The zero-order valence-corrected chi connectivity index (χ0v) is 14.9. The van der Waals surface area contributed by atoms with E-state index in [1.54, 1.807) is 31.4 Å². The number of nitrogens with one attached hydrogen (secondary N) is 3. The fourth-order valence-electron chi connectivity index (χ4n) is 2.06. The van der Waals surface area contributed by atoms with Gasteiger partial charge in [-0.1, -0.05) is 24.3 Å². The summed E-state index contributed by atoms with van der Waals surface area (Å²) in [5, 5.41) is 3.30. The highest BCUT2D eigenvalue weighted by atomic mass is 32.1. The number of methoxy groups -OCH3 is 1. The second-order valence-electron chi connectivity index (χ2n) is 5.35. The van der Waals surface area contributed by atoms with Gasteiger partial charge in [0.1, 0.15) is 11.5 Å². The molecular formula is C18H21N3O3S. The first-order chi connectivity index (χ1) is 12.1. The highest BCUT2D eigenvalue weighted by Gasteiger charge is 2.09. The molecule has 132 valence electrons. The molecule has 0 aromatic heterocycles. The lowest BCUT2D eigenvalue weighted by Crippen LogP contribution is -2.49. The Bertz CT molecular complexity index is 710. The first-order valence-corrected chi connectivity index (χ1v) is 8.18. The van der Waals surface area contributed by atoms with Crippen LogP contribution in [0.2, 0.25) is 0 Å². The number of hydrogen-bond acceptors (Lipinski definition) is 4. The Balaban J connectivity index is 1.89. The topological polar surface area (TPSA) is 71.6 Å². The second kappa shape index (κ2) is 9.61. The predicted molar refractivity (Wildman–Crippen MR) is 101 cm³/mol. The molecule has 1 atom stereocenters. The second-order valence-corrected chi connectivity index (χ2v) is 5.76. The summed E-state index contributed by atoms with van der Waals surface area (Å²) in [5.74, 6) is 0.964. The van der Waals surface area contributed by atoms with Crippen molar-refractivity contribution in [1.29, 1.82) is 0 Å². The highest BCUT2D eigenvalue weighted by Crippen LogP contribution is 2.21. The first kappa shape index (κ1) is 18.7. The van der Waals surface area contributed by atoms with Gasteiger partial charge in [-0.3, -0.25) is 15.6 Å². The van der Waals surface area contributed by atoms with Gasteiger partial charge >= 0.3 is 0 Å². The van der Waals surface area contributed by atoms with Crippen molar-refractivity contribution >= 4 is 23.2 Å². The minimum absolute atomic E-state index is 0.0319. The molecule has 0 saturated heterocycles. The van der Waals surface area contributed by atoms with Crippen LogP contribution < -0.4 is 20.9 Å². The first-order valence-electron chi connectivity index (χ1n) is 7.77. The Morgan fingerprint density at radius 2 is 1.80 bits per heavy atom. The highest BCUT2D eigenvalue weighted by molar-refractivity contribution is 7.80. The largest absolute Gasteiger partial charge is 0.457 e. The third-order valence-corrected chi connectivity index (χ3v) is 3.38. The summed E-state index contributed by atoms with van der Waals surface area (Å²) in [5.41, 5.74) is 5.66. The molecular weight excluding hydrogens is 338 g/mol. The van der Waals surface area contributed by atoms with Crippen molar-refractivity contribution in [3.8, 4) is 11.5 Å². The number of ether oxygens (including phenoxy) is 2. The minimum Gasteiger partial charge on any atom is -0.457 e. The van der Waals surface area contributed by atoms with Crippen LogP contribution in [0, 0.1) is 0 Å². The zero-order valence-electron chi connectivity index (χ0n) is 14.1. The fraction of sp³-hybridized carbons (Fsp3) is 0.222. The van der Waals surface area contributed by atoms with Crippen molar-refractivity contribution < 1.29 is 14.3 Å². The van der Waals surface area contributed by atoms with Crippen molar-refractivity contribution in [3.63, 3.8) is 0 Å². The van der Waals surface area contributed by atoms with Crippen molar-refractivity contribution in [2.24, 2.45) is 0 Å². The van der Waals surface area contributed by atoms with Crippen molar-refractivity contribution in [2.75, 3.05) is 13.7 Å².